The molecule has 1 heterocycles. The van der Waals surface area contributed by atoms with E-state index in [1.807, 2.05) is 41.0 Å². The molecular weight excluding hydrogens is 346 g/mol. The average molecular weight is 370 g/mol. The van der Waals surface area contributed by atoms with Gasteiger partial charge in [0.1, 0.15) is 12.4 Å². The van der Waals surface area contributed by atoms with Gasteiger partial charge < -0.3 is 9.88 Å². The molecule has 0 spiro atoms. The van der Waals surface area contributed by atoms with Crippen LogP contribution >= 0.6 is 11.6 Å². The van der Waals surface area contributed by atoms with Gasteiger partial charge in [-0.2, -0.15) is 0 Å². The molecule has 0 aliphatic rings. The van der Waals surface area contributed by atoms with Crippen LogP contribution in [0.5, 0.6) is 0 Å². The second-order valence-electron chi connectivity index (χ2n) is 6.27. The summed E-state index contributed by atoms with van der Waals surface area (Å²) < 4.78 is 1.99. The number of benzene rings is 2. The van der Waals surface area contributed by atoms with Crippen LogP contribution in [0.4, 0.5) is 5.69 Å². The lowest BCUT2D eigenvalue weighted by Gasteiger charge is -2.16. The number of para-hydroxylation sites is 2. The second-order valence-corrected chi connectivity index (χ2v) is 6.68. The summed E-state index contributed by atoms with van der Waals surface area (Å²) in [6.45, 7) is 6.42. The number of carbonyl (C=O) groups is 1. The molecule has 2 aromatic carbocycles. The van der Waals surface area contributed by atoms with E-state index in [1.54, 1.807) is 0 Å². The van der Waals surface area contributed by atoms with Gasteiger partial charge in [0.15, 0.2) is 0 Å². The van der Waals surface area contributed by atoms with Crippen molar-refractivity contribution in [1.29, 1.82) is 0 Å². The number of carbonyl (C=O) groups excluding carboxylic acids is 1. The molecule has 0 unspecified atom stereocenters. The molecule has 0 atom stereocenters. The SMILES string of the molecule is CCc1ccc(Cl)c(CC)c1NC(=O)Cn1c(CC)nc2ccccc21. The molecule has 1 aromatic heterocycles. The van der Waals surface area contributed by atoms with E-state index in [4.69, 9.17) is 11.6 Å². The molecule has 26 heavy (non-hydrogen) atoms. The summed E-state index contributed by atoms with van der Waals surface area (Å²) in [4.78, 5) is 17.5. The maximum Gasteiger partial charge on any atom is 0.244 e. The number of anilines is 1. The van der Waals surface area contributed by atoms with Crippen LogP contribution < -0.4 is 5.32 Å². The Labute approximate surface area is 159 Å². The third-order valence-corrected chi connectivity index (χ3v) is 5.05. The Kier molecular flexibility index (Phi) is 5.62. The summed E-state index contributed by atoms with van der Waals surface area (Å²) in [6, 6.07) is 11.8. The van der Waals surface area contributed by atoms with Gasteiger partial charge in [-0.3, -0.25) is 4.79 Å². The van der Waals surface area contributed by atoms with Crippen LogP contribution in [0.25, 0.3) is 11.0 Å². The molecule has 1 amide bonds. The van der Waals surface area contributed by atoms with Crippen LogP contribution in [0.3, 0.4) is 0 Å². The first-order valence-electron chi connectivity index (χ1n) is 9.13. The largest absolute Gasteiger partial charge is 0.324 e. The smallest absolute Gasteiger partial charge is 0.244 e. The highest BCUT2D eigenvalue weighted by Gasteiger charge is 2.16. The maximum absolute atomic E-state index is 12.8. The van der Waals surface area contributed by atoms with Crippen molar-refractivity contribution in [3.63, 3.8) is 0 Å². The second kappa shape index (κ2) is 7.92. The fourth-order valence-electron chi connectivity index (χ4n) is 3.36. The molecule has 0 saturated heterocycles. The lowest BCUT2D eigenvalue weighted by Crippen LogP contribution is -2.21. The highest BCUT2D eigenvalue weighted by molar-refractivity contribution is 6.32. The minimum Gasteiger partial charge on any atom is -0.324 e. The number of aromatic nitrogens is 2. The first kappa shape index (κ1) is 18.5. The normalized spacial score (nSPS) is 11.1. The number of hydrogen-bond donors (Lipinski definition) is 1. The summed E-state index contributed by atoms with van der Waals surface area (Å²) in [6.07, 6.45) is 2.39. The lowest BCUT2D eigenvalue weighted by atomic mass is 10.0. The van der Waals surface area contributed by atoms with Crippen molar-refractivity contribution in [2.24, 2.45) is 0 Å². The zero-order valence-electron chi connectivity index (χ0n) is 15.5. The quantitative estimate of drug-likeness (QED) is 0.663. The Bertz CT molecular complexity index is 946. The summed E-state index contributed by atoms with van der Waals surface area (Å²) in [5, 5.41) is 3.80. The zero-order chi connectivity index (χ0) is 18.7. The fourth-order valence-corrected chi connectivity index (χ4v) is 3.65. The molecule has 0 aliphatic carbocycles. The van der Waals surface area contributed by atoms with Gasteiger partial charge in [0.25, 0.3) is 0 Å². The standard InChI is InChI=1S/C21H24ClN3O/c1-4-14-11-12-16(22)15(5-2)21(14)24-20(26)13-25-18-10-8-7-9-17(18)23-19(25)6-3/h7-12H,4-6,13H2,1-3H3,(H,24,26). The summed E-state index contributed by atoms with van der Waals surface area (Å²) >= 11 is 6.34. The third kappa shape index (κ3) is 3.47. The minimum atomic E-state index is -0.0606. The molecule has 0 bridgehead atoms. The van der Waals surface area contributed by atoms with Crippen molar-refractivity contribution < 1.29 is 4.79 Å². The summed E-state index contributed by atoms with van der Waals surface area (Å²) in [5.74, 6) is 0.855. The van der Waals surface area contributed by atoms with Gasteiger partial charge >= 0.3 is 0 Å². The van der Waals surface area contributed by atoms with Crippen molar-refractivity contribution >= 4 is 34.2 Å². The molecule has 0 aliphatic heterocycles. The van der Waals surface area contributed by atoms with Crippen LogP contribution in [0, 0.1) is 0 Å². The zero-order valence-corrected chi connectivity index (χ0v) is 16.2. The summed E-state index contributed by atoms with van der Waals surface area (Å²) in [5.41, 5.74) is 4.85. The van der Waals surface area contributed by atoms with Crippen LogP contribution in [0.1, 0.15) is 37.7 Å². The van der Waals surface area contributed by atoms with Gasteiger partial charge in [-0.25, -0.2) is 4.98 Å². The number of halogens is 1. The fraction of sp³-hybridized carbons (Fsp3) is 0.333. The monoisotopic (exact) mass is 369 g/mol. The molecule has 0 fully saturated rings. The molecule has 3 aromatic rings. The van der Waals surface area contributed by atoms with E-state index in [-0.39, 0.29) is 12.5 Å². The van der Waals surface area contributed by atoms with E-state index >= 15 is 0 Å². The topological polar surface area (TPSA) is 46.9 Å². The van der Waals surface area contributed by atoms with Crippen molar-refractivity contribution in [3.05, 3.63) is 58.4 Å². The number of aryl methyl sites for hydroxylation is 2. The number of amides is 1. The Balaban J connectivity index is 1.92. The number of rotatable bonds is 6. The molecular formula is C21H24ClN3O. The number of nitrogens with zero attached hydrogens (tertiary/aromatic N) is 2. The Morgan fingerprint density at radius 2 is 1.85 bits per heavy atom. The highest BCUT2D eigenvalue weighted by atomic mass is 35.5. The van der Waals surface area contributed by atoms with E-state index in [2.05, 4.69) is 31.1 Å². The van der Waals surface area contributed by atoms with Crippen molar-refractivity contribution in [3.8, 4) is 0 Å². The minimum absolute atomic E-state index is 0.0606. The van der Waals surface area contributed by atoms with Crippen LogP contribution in [0.2, 0.25) is 5.02 Å². The molecule has 0 saturated carbocycles. The van der Waals surface area contributed by atoms with Crippen molar-refractivity contribution in [2.75, 3.05) is 5.32 Å². The lowest BCUT2D eigenvalue weighted by molar-refractivity contribution is -0.116. The molecule has 1 N–H and O–H groups in total. The van der Waals surface area contributed by atoms with E-state index in [0.717, 1.165) is 52.9 Å². The number of hydrogen-bond acceptors (Lipinski definition) is 2. The van der Waals surface area contributed by atoms with E-state index in [0.29, 0.717) is 5.02 Å². The average Bonchev–Trinajstić information content (AvgIpc) is 3.00. The van der Waals surface area contributed by atoms with Gasteiger partial charge in [0.05, 0.1) is 11.0 Å². The predicted octanol–water partition coefficient (Wildman–Crippen LogP) is 5.02. The number of nitrogens with one attached hydrogen (secondary N) is 1. The van der Waals surface area contributed by atoms with Crippen LogP contribution in [-0.2, 0) is 30.6 Å². The van der Waals surface area contributed by atoms with Gasteiger partial charge in [0.2, 0.25) is 5.91 Å². The molecule has 0 radical (unpaired) electrons. The van der Waals surface area contributed by atoms with Gasteiger partial charge in [-0.15, -0.1) is 0 Å². The molecule has 5 heteroatoms. The Hall–Kier alpha value is -2.33. The van der Waals surface area contributed by atoms with Gasteiger partial charge in [-0.1, -0.05) is 50.6 Å². The van der Waals surface area contributed by atoms with E-state index in [9.17, 15) is 4.79 Å². The third-order valence-electron chi connectivity index (χ3n) is 4.69. The summed E-state index contributed by atoms with van der Waals surface area (Å²) in [7, 11) is 0. The Morgan fingerprint density at radius 3 is 2.54 bits per heavy atom. The van der Waals surface area contributed by atoms with E-state index in [1.165, 1.54) is 0 Å². The van der Waals surface area contributed by atoms with Gasteiger partial charge in [-0.05, 0) is 42.2 Å². The highest BCUT2D eigenvalue weighted by Crippen LogP contribution is 2.29. The van der Waals surface area contributed by atoms with Crippen LogP contribution in [0.15, 0.2) is 36.4 Å². The first-order chi connectivity index (χ1) is 12.6. The number of fused-ring (bicyclic) bond motifs is 1. The molecule has 136 valence electrons. The van der Waals surface area contributed by atoms with Gasteiger partial charge in [0, 0.05) is 17.1 Å². The Morgan fingerprint density at radius 1 is 1.08 bits per heavy atom. The predicted molar refractivity (Wildman–Crippen MR) is 108 cm³/mol. The van der Waals surface area contributed by atoms with Crippen molar-refractivity contribution in [1.82, 2.24) is 9.55 Å². The maximum atomic E-state index is 12.8. The molecule has 4 nitrogen and oxygen atoms in total. The first-order valence-corrected chi connectivity index (χ1v) is 9.51. The van der Waals surface area contributed by atoms with Crippen molar-refractivity contribution in [2.45, 2.75) is 46.6 Å². The number of imidazole rings is 1. The van der Waals surface area contributed by atoms with Crippen LogP contribution in [-0.4, -0.2) is 15.5 Å². The molecule has 3 rings (SSSR count). The van der Waals surface area contributed by atoms with E-state index < -0.39 is 0 Å².